The molecule has 0 spiro atoms. The van der Waals surface area contributed by atoms with E-state index in [-0.39, 0.29) is 0 Å². The number of hydrogen-bond donors (Lipinski definition) is 1. The predicted molar refractivity (Wildman–Crippen MR) is 72.8 cm³/mol. The van der Waals surface area contributed by atoms with Gasteiger partial charge in [0.25, 0.3) is 0 Å². The summed E-state index contributed by atoms with van der Waals surface area (Å²) < 4.78 is 2.21. The van der Waals surface area contributed by atoms with Crippen molar-refractivity contribution in [3.8, 4) is 0 Å². The van der Waals surface area contributed by atoms with Crippen LogP contribution in [-0.4, -0.2) is 27.6 Å². The van der Waals surface area contributed by atoms with Gasteiger partial charge in [0.05, 0.1) is 11.4 Å². The Morgan fingerprint density at radius 1 is 1.28 bits per heavy atom. The first-order valence-electron chi connectivity index (χ1n) is 6.68. The number of nitrogens with zero attached hydrogens (tertiary/aromatic N) is 3. The average Bonchev–Trinajstić information content (AvgIpc) is 2.69. The topological polar surface area (TPSA) is 42.7 Å². The van der Waals surface area contributed by atoms with Gasteiger partial charge in [-0.05, 0) is 39.3 Å². The number of hydrogen-bond acceptors (Lipinski definition) is 3. The maximum absolute atomic E-state index is 4.67. The van der Waals surface area contributed by atoms with Crippen LogP contribution < -0.4 is 5.32 Å². The highest BCUT2D eigenvalue weighted by Gasteiger charge is 2.20. The van der Waals surface area contributed by atoms with Crippen LogP contribution in [-0.2, 0) is 7.05 Å². The number of nitrogens with one attached hydrogen (secondary N) is 1. The summed E-state index contributed by atoms with van der Waals surface area (Å²) in [6.45, 7) is 6.27. The minimum atomic E-state index is 0.598. The van der Waals surface area contributed by atoms with Crippen molar-refractivity contribution in [1.29, 1.82) is 0 Å². The molecule has 0 aliphatic carbocycles. The van der Waals surface area contributed by atoms with Gasteiger partial charge in [-0.2, -0.15) is 0 Å². The third-order valence-electron chi connectivity index (χ3n) is 4.02. The van der Waals surface area contributed by atoms with Gasteiger partial charge in [-0.1, -0.05) is 0 Å². The zero-order chi connectivity index (χ0) is 12.7. The molecule has 1 unspecified atom stereocenters. The summed E-state index contributed by atoms with van der Waals surface area (Å²) in [7, 11) is 2.11. The Bertz CT molecular complexity index is 579. The molecular formula is C14H20N4. The monoisotopic (exact) mass is 244 g/mol. The van der Waals surface area contributed by atoms with Gasteiger partial charge in [-0.15, -0.1) is 0 Å². The van der Waals surface area contributed by atoms with Gasteiger partial charge < -0.3 is 9.88 Å². The first kappa shape index (κ1) is 11.7. The van der Waals surface area contributed by atoms with E-state index in [9.17, 15) is 0 Å². The molecule has 0 aromatic carbocycles. The molecular weight excluding hydrogens is 224 g/mol. The van der Waals surface area contributed by atoms with E-state index in [0.717, 1.165) is 35.6 Å². The number of aryl methyl sites for hydroxylation is 3. The van der Waals surface area contributed by atoms with Crippen molar-refractivity contribution in [3.63, 3.8) is 0 Å². The van der Waals surface area contributed by atoms with E-state index in [1.165, 1.54) is 18.5 Å². The fourth-order valence-electron chi connectivity index (χ4n) is 2.81. The van der Waals surface area contributed by atoms with Crippen molar-refractivity contribution < 1.29 is 0 Å². The first-order valence-corrected chi connectivity index (χ1v) is 6.68. The molecule has 1 atom stereocenters. The summed E-state index contributed by atoms with van der Waals surface area (Å²) >= 11 is 0. The number of piperidine rings is 1. The van der Waals surface area contributed by atoms with Crippen LogP contribution in [0.3, 0.4) is 0 Å². The lowest BCUT2D eigenvalue weighted by atomic mass is 9.96. The predicted octanol–water partition coefficient (Wildman–Crippen LogP) is 2.05. The van der Waals surface area contributed by atoms with Gasteiger partial charge in [0, 0.05) is 25.2 Å². The Morgan fingerprint density at radius 3 is 2.78 bits per heavy atom. The molecule has 0 amide bonds. The normalized spacial score (nSPS) is 20.5. The van der Waals surface area contributed by atoms with E-state index >= 15 is 0 Å². The molecule has 1 aliphatic heterocycles. The number of fused-ring (bicyclic) bond motifs is 1. The molecule has 1 fully saturated rings. The van der Waals surface area contributed by atoms with E-state index in [1.807, 2.05) is 13.8 Å². The van der Waals surface area contributed by atoms with Gasteiger partial charge in [0.1, 0.15) is 5.52 Å². The van der Waals surface area contributed by atoms with E-state index in [0.29, 0.717) is 5.92 Å². The molecule has 96 valence electrons. The van der Waals surface area contributed by atoms with Crippen molar-refractivity contribution in [3.05, 3.63) is 23.1 Å². The maximum Gasteiger partial charge on any atom is 0.158 e. The summed E-state index contributed by atoms with van der Waals surface area (Å²) in [5.41, 5.74) is 5.46. The molecule has 0 bridgehead atoms. The SMILES string of the molecule is Cc1nc2cc(C3CCCNC3)n(C)c2nc1C. The summed E-state index contributed by atoms with van der Waals surface area (Å²) in [6.07, 6.45) is 2.51. The Balaban J connectivity index is 2.10. The second-order valence-corrected chi connectivity index (χ2v) is 5.27. The fourth-order valence-corrected chi connectivity index (χ4v) is 2.81. The lowest BCUT2D eigenvalue weighted by Gasteiger charge is -2.23. The third-order valence-corrected chi connectivity index (χ3v) is 4.02. The standard InChI is InChI=1S/C14H20N4/c1-9-10(2)17-14-12(16-9)7-13(18(14)3)11-5-4-6-15-8-11/h7,11,15H,4-6,8H2,1-3H3. The van der Waals surface area contributed by atoms with Gasteiger partial charge >= 0.3 is 0 Å². The minimum Gasteiger partial charge on any atom is -0.331 e. The highest BCUT2D eigenvalue weighted by molar-refractivity contribution is 5.73. The van der Waals surface area contributed by atoms with Crippen LogP contribution >= 0.6 is 0 Å². The van der Waals surface area contributed by atoms with E-state index in [2.05, 4.69) is 33.0 Å². The van der Waals surface area contributed by atoms with E-state index < -0.39 is 0 Å². The summed E-state index contributed by atoms with van der Waals surface area (Å²) in [5, 5.41) is 3.47. The lowest BCUT2D eigenvalue weighted by Crippen LogP contribution is -2.29. The Kier molecular flexibility index (Phi) is 2.82. The van der Waals surface area contributed by atoms with Crippen molar-refractivity contribution in [2.75, 3.05) is 13.1 Å². The van der Waals surface area contributed by atoms with Crippen LogP contribution in [0.2, 0.25) is 0 Å². The molecule has 3 heterocycles. The summed E-state index contributed by atoms with van der Waals surface area (Å²) in [6, 6.07) is 2.21. The Morgan fingerprint density at radius 2 is 2.06 bits per heavy atom. The van der Waals surface area contributed by atoms with E-state index in [4.69, 9.17) is 0 Å². The van der Waals surface area contributed by atoms with Gasteiger partial charge in [-0.3, -0.25) is 0 Å². The molecule has 1 aliphatic rings. The molecule has 0 saturated carbocycles. The second-order valence-electron chi connectivity index (χ2n) is 5.27. The smallest absolute Gasteiger partial charge is 0.158 e. The van der Waals surface area contributed by atoms with Crippen LogP contribution in [0.15, 0.2) is 6.07 Å². The van der Waals surface area contributed by atoms with E-state index in [1.54, 1.807) is 0 Å². The fraction of sp³-hybridized carbons (Fsp3) is 0.571. The molecule has 0 radical (unpaired) electrons. The molecule has 4 heteroatoms. The van der Waals surface area contributed by atoms with Crippen molar-refractivity contribution in [2.45, 2.75) is 32.6 Å². The van der Waals surface area contributed by atoms with Gasteiger partial charge in [0.15, 0.2) is 5.65 Å². The lowest BCUT2D eigenvalue weighted by molar-refractivity contribution is 0.448. The quantitative estimate of drug-likeness (QED) is 0.835. The van der Waals surface area contributed by atoms with Crippen LogP contribution in [0, 0.1) is 13.8 Å². The molecule has 4 nitrogen and oxygen atoms in total. The molecule has 2 aromatic heterocycles. The largest absolute Gasteiger partial charge is 0.331 e. The zero-order valence-corrected chi connectivity index (χ0v) is 11.3. The van der Waals surface area contributed by atoms with Crippen LogP contribution in [0.4, 0.5) is 0 Å². The Hall–Kier alpha value is -1.42. The highest BCUT2D eigenvalue weighted by Crippen LogP contribution is 2.27. The van der Waals surface area contributed by atoms with Crippen molar-refractivity contribution in [1.82, 2.24) is 19.9 Å². The number of rotatable bonds is 1. The second kappa shape index (κ2) is 4.35. The molecule has 18 heavy (non-hydrogen) atoms. The van der Waals surface area contributed by atoms with Crippen LogP contribution in [0.1, 0.15) is 35.8 Å². The zero-order valence-electron chi connectivity index (χ0n) is 11.3. The summed E-state index contributed by atoms with van der Waals surface area (Å²) in [5.74, 6) is 0.598. The Labute approximate surface area is 107 Å². The highest BCUT2D eigenvalue weighted by atomic mass is 15.1. The van der Waals surface area contributed by atoms with Gasteiger partial charge in [0.2, 0.25) is 0 Å². The third kappa shape index (κ3) is 1.81. The van der Waals surface area contributed by atoms with Crippen molar-refractivity contribution >= 4 is 11.2 Å². The molecule has 3 rings (SSSR count). The summed E-state index contributed by atoms with van der Waals surface area (Å²) in [4.78, 5) is 9.32. The molecule has 2 aromatic rings. The van der Waals surface area contributed by atoms with Gasteiger partial charge in [-0.25, -0.2) is 9.97 Å². The van der Waals surface area contributed by atoms with Crippen LogP contribution in [0.25, 0.3) is 11.2 Å². The average molecular weight is 244 g/mol. The first-order chi connectivity index (χ1) is 8.66. The van der Waals surface area contributed by atoms with Crippen molar-refractivity contribution in [2.24, 2.45) is 7.05 Å². The molecule has 1 N–H and O–H groups in total. The maximum atomic E-state index is 4.67. The van der Waals surface area contributed by atoms with Crippen LogP contribution in [0.5, 0.6) is 0 Å². The minimum absolute atomic E-state index is 0.598. The number of aromatic nitrogens is 3. The molecule has 1 saturated heterocycles.